The lowest BCUT2D eigenvalue weighted by molar-refractivity contribution is -0.127. The minimum atomic E-state index is -4.47. The van der Waals surface area contributed by atoms with E-state index >= 15 is 0 Å². The van der Waals surface area contributed by atoms with Crippen LogP contribution in [0.2, 0.25) is 0 Å². The number of alkyl halides is 3. The maximum Gasteiger partial charge on any atom is 0.401 e. The third-order valence-electron chi connectivity index (χ3n) is 2.33. The number of rotatable bonds is 3. The molecule has 0 heterocycles. The molecule has 0 fully saturated rings. The molecule has 7 heteroatoms. The smallest absolute Gasteiger partial charge is 0.287 e. The molecule has 0 aliphatic heterocycles. The van der Waals surface area contributed by atoms with Crippen LogP contribution >= 0.6 is 15.9 Å². The lowest BCUT2D eigenvalue weighted by Gasteiger charge is -2.25. The number of nitriles is 1. The van der Waals surface area contributed by atoms with Crippen LogP contribution < -0.4 is 5.32 Å². The van der Waals surface area contributed by atoms with E-state index in [1.807, 2.05) is 5.32 Å². The van der Waals surface area contributed by atoms with E-state index in [-0.39, 0.29) is 5.56 Å². The molecule has 98 valence electrons. The maximum absolute atomic E-state index is 13.6. The Morgan fingerprint density at radius 3 is 2.50 bits per heavy atom. The summed E-state index contributed by atoms with van der Waals surface area (Å²) in [5, 5.41) is 11.0. The number of hydrogen-bond donors (Lipinski definition) is 1. The predicted octanol–water partition coefficient (Wildman–Crippen LogP) is 3.48. The van der Waals surface area contributed by atoms with Crippen LogP contribution in [0.3, 0.4) is 0 Å². The van der Waals surface area contributed by atoms with Gasteiger partial charge in [-0.2, -0.15) is 18.4 Å². The summed E-state index contributed by atoms with van der Waals surface area (Å²) in [6, 6.07) is 5.43. The lowest BCUT2D eigenvalue weighted by atomic mass is 9.93. The first kappa shape index (κ1) is 14.9. The minimum Gasteiger partial charge on any atom is -0.287 e. The highest BCUT2D eigenvalue weighted by atomic mass is 79.9. The van der Waals surface area contributed by atoms with Crippen molar-refractivity contribution in [3.05, 3.63) is 34.1 Å². The topological polar surface area (TPSA) is 35.8 Å². The van der Waals surface area contributed by atoms with Crippen LogP contribution in [-0.2, 0) is 5.54 Å². The summed E-state index contributed by atoms with van der Waals surface area (Å²) in [4.78, 5) is 0. The molecule has 0 saturated carbocycles. The van der Waals surface area contributed by atoms with Crippen LogP contribution in [0.1, 0.15) is 12.5 Å². The first-order valence-electron chi connectivity index (χ1n) is 4.86. The zero-order valence-electron chi connectivity index (χ0n) is 9.28. The van der Waals surface area contributed by atoms with Crippen molar-refractivity contribution in [3.8, 4) is 6.07 Å². The van der Waals surface area contributed by atoms with Crippen molar-refractivity contribution in [2.45, 2.75) is 18.6 Å². The van der Waals surface area contributed by atoms with Gasteiger partial charge in [0.25, 0.3) is 0 Å². The Hall–Kier alpha value is -1.13. The van der Waals surface area contributed by atoms with Crippen molar-refractivity contribution in [2.24, 2.45) is 0 Å². The third-order valence-corrected chi connectivity index (χ3v) is 2.83. The SMILES string of the molecule is CC(C#N)(NCC(F)(F)F)c1cc(Br)ccc1F. The number of nitrogens with zero attached hydrogens (tertiary/aromatic N) is 1. The molecule has 1 aromatic carbocycles. The van der Waals surface area contributed by atoms with E-state index in [0.717, 1.165) is 6.07 Å². The second-order valence-corrected chi connectivity index (χ2v) is 4.75. The third kappa shape index (κ3) is 3.68. The van der Waals surface area contributed by atoms with Crippen molar-refractivity contribution in [1.82, 2.24) is 5.32 Å². The average Bonchev–Trinajstić information content (AvgIpc) is 2.28. The van der Waals surface area contributed by atoms with Gasteiger partial charge in [0.2, 0.25) is 0 Å². The molecule has 18 heavy (non-hydrogen) atoms. The lowest BCUT2D eigenvalue weighted by Crippen LogP contribution is -2.44. The maximum atomic E-state index is 13.6. The summed E-state index contributed by atoms with van der Waals surface area (Å²) in [5.41, 5.74) is -1.88. The molecule has 1 atom stereocenters. The van der Waals surface area contributed by atoms with Gasteiger partial charge in [0.05, 0.1) is 12.6 Å². The molecule has 1 N–H and O–H groups in total. The van der Waals surface area contributed by atoms with E-state index in [2.05, 4.69) is 15.9 Å². The molecule has 1 rings (SSSR count). The van der Waals surface area contributed by atoms with Crippen molar-refractivity contribution in [2.75, 3.05) is 6.54 Å². The Bertz CT molecular complexity index is 481. The fraction of sp³-hybridized carbons (Fsp3) is 0.364. The Balaban J connectivity index is 3.08. The highest BCUT2D eigenvalue weighted by Gasteiger charge is 2.35. The molecule has 2 nitrogen and oxygen atoms in total. The highest BCUT2D eigenvalue weighted by Crippen LogP contribution is 2.27. The molecule has 0 aliphatic rings. The molecule has 1 aromatic rings. The predicted molar refractivity (Wildman–Crippen MR) is 61.1 cm³/mol. The van der Waals surface area contributed by atoms with Gasteiger partial charge in [0, 0.05) is 10.0 Å². The van der Waals surface area contributed by atoms with E-state index < -0.39 is 24.1 Å². The normalized spacial score (nSPS) is 14.9. The van der Waals surface area contributed by atoms with Crippen LogP contribution in [0, 0.1) is 17.1 Å². The van der Waals surface area contributed by atoms with Gasteiger partial charge in [-0.15, -0.1) is 0 Å². The van der Waals surface area contributed by atoms with Gasteiger partial charge in [-0.05, 0) is 25.1 Å². The molecule has 0 aliphatic carbocycles. The van der Waals surface area contributed by atoms with E-state index in [4.69, 9.17) is 5.26 Å². The summed E-state index contributed by atoms with van der Waals surface area (Å²) in [6.45, 7) is -0.174. The van der Waals surface area contributed by atoms with Gasteiger partial charge < -0.3 is 0 Å². The molecule has 0 spiro atoms. The number of halogens is 5. The highest BCUT2D eigenvalue weighted by molar-refractivity contribution is 9.10. The Kier molecular flexibility index (Phi) is 4.35. The molecular weight excluding hydrogens is 316 g/mol. The average molecular weight is 325 g/mol. The van der Waals surface area contributed by atoms with E-state index in [1.165, 1.54) is 19.1 Å². The number of nitrogens with one attached hydrogen (secondary N) is 1. The fourth-order valence-electron chi connectivity index (χ4n) is 1.35. The zero-order valence-corrected chi connectivity index (χ0v) is 10.9. The quantitative estimate of drug-likeness (QED) is 0.864. The van der Waals surface area contributed by atoms with Gasteiger partial charge >= 0.3 is 6.18 Å². The molecule has 0 saturated heterocycles. The second-order valence-electron chi connectivity index (χ2n) is 3.83. The molecule has 0 amide bonds. The van der Waals surface area contributed by atoms with Crippen molar-refractivity contribution in [3.63, 3.8) is 0 Å². The van der Waals surface area contributed by atoms with Crippen molar-refractivity contribution < 1.29 is 17.6 Å². The van der Waals surface area contributed by atoms with Gasteiger partial charge in [-0.3, -0.25) is 5.32 Å². The summed E-state index contributed by atoms with van der Waals surface area (Å²) >= 11 is 3.08. The molecule has 0 radical (unpaired) electrons. The summed E-state index contributed by atoms with van der Waals surface area (Å²) in [6.07, 6.45) is -4.47. The van der Waals surface area contributed by atoms with Crippen LogP contribution in [0.5, 0.6) is 0 Å². The first-order chi connectivity index (χ1) is 8.18. The van der Waals surface area contributed by atoms with Gasteiger partial charge in [-0.25, -0.2) is 4.39 Å². The first-order valence-corrected chi connectivity index (χ1v) is 5.66. The Morgan fingerprint density at radius 1 is 1.39 bits per heavy atom. The monoisotopic (exact) mass is 324 g/mol. The van der Waals surface area contributed by atoms with Crippen LogP contribution in [0.15, 0.2) is 22.7 Å². The van der Waals surface area contributed by atoms with E-state index in [0.29, 0.717) is 4.47 Å². The largest absolute Gasteiger partial charge is 0.401 e. The molecule has 0 bridgehead atoms. The van der Waals surface area contributed by atoms with Gasteiger partial charge in [0.1, 0.15) is 11.4 Å². The summed E-state index contributed by atoms with van der Waals surface area (Å²) in [5.74, 6) is -0.739. The van der Waals surface area contributed by atoms with Crippen LogP contribution in [-0.4, -0.2) is 12.7 Å². The summed E-state index contributed by atoms with van der Waals surface area (Å²) in [7, 11) is 0. The molecule has 0 aromatic heterocycles. The number of hydrogen-bond acceptors (Lipinski definition) is 2. The van der Waals surface area contributed by atoms with Crippen LogP contribution in [0.4, 0.5) is 17.6 Å². The van der Waals surface area contributed by atoms with Crippen LogP contribution in [0.25, 0.3) is 0 Å². The second kappa shape index (κ2) is 5.24. The Morgan fingerprint density at radius 2 is 2.00 bits per heavy atom. The molecule has 1 unspecified atom stereocenters. The fourth-order valence-corrected chi connectivity index (χ4v) is 1.71. The zero-order chi connectivity index (χ0) is 14.0. The van der Waals surface area contributed by atoms with Gasteiger partial charge in [0.15, 0.2) is 0 Å². The van der Waals surface area contributed by atoms with Crippen molar-refractivity contribution >= 4 is 15.9 Å². The van der Waals surface area contributed by atoms with Crippen molar-refractivity contribution in [1.29, 1.82) is 5.26 Å². The van der Waals surface area contributed by atoms with Gasteiger partial charge in [-0.1, -0.05) is 15.9 Å². The minimum absolute atomic E-state index is 0.136. The van der Waals surface area contributed by atoms with E-state index in [1.54, 1.807) is 6.07 Å². The summed E-state index contributed by atoms with van der Waals surface area (Å²) < 4.78 is 50.5. The van der Waals surface area contributed by atoms with E-state index in [9.17, 15) is 17.6 Å². The number of benzene rings is 1. The Labute approximate surface area is 110 Å². The molecular formula is C11H9BrF4N2. The standard InChI is InChI=1S/C11H9BrF4N2/c1-10(5-17,18-6-11(14,15)16)8-4-7(12)2-3-9(8)13/h2-4,18H,6H2,1H3.